The number of carbonyl (C=O) groups is 1. The van der Waals surface area contributed by atoms with Crippen LogP contribution in [0.25, 0.3) is 0 Å². The summed E-state index contributed by atoms with van der Waals surface area (Å²) in [7, 11) is 0. The minimum Gasteiger partial charge on any atom is -0.488 e. The third-order valence-electron chi connectivity index (χ3n) is 3.95. The van der Waals surface area contributed by atoms with Gasteiger partial charge in [-0.2, -0.15) is 0 Å². The molecule has 0 unspecified atom stereocenters. The molecular formula is C22H18F3NO3. The molecule has 0 atom stereocenters. The van der Waals surface area contributed by atoms with Gasteiger partial charge in [0.25, 0.3) is 5.91 Å². The van der Waals surface area contributed by atoms with E-state index in [1.54, 1.807) is 24.3 Å². The maximum absolute atomic E-state index is 12.6. The Morgan fingerprint density at radius 1 is 0.966 bits per heavy atom. The number of ether oxygens (including phenoxy) is 2. The number of halogens is 3. The zero-order chi connectivity index (χ0) is 20.9. The van der Waals surface area contributed by atoms with Gasteiger partial charge < -0.3 is 14.8 Å². The van der Waals surface area contributed by atoms with Crippen LogP contribution in [-0.2, 0) is 6.61 Å². The lowest BCUT2D eigenvalue weighted by atomic mass is 10.1. The highest BCUT2D eigenvalue weighted by atomic mass is 19.4. The van der Waals surface area contributed by atoms with Crippen molar-refractivity contribution in [2.24, 2.45) is 0 Å². The Bertz CT molecular complexity index is 985. The predicted molar refractivity (Wildman–Crippen MR) is 103 cm³/mol. The number of amides is 1. The fraction of sp³-hybridized carbons (Fsp3) is 0.136. The van der Waals surface area contributed by atoms with E-state index in [0.717, 1.165) is 23.3 Å². The number of hydrogen-bond acceptors (Lipinski definition) is 3. The molecule has 3 aromatic carbocycles. The summed E-state index contributed by atoms with van der Waals surface area (Å²) < 4.78 is 46.3. The van der Waals surface area contributed by atoms with E-state index in [4.69, 9.17) is 4.74 Å². The van der Waals surface area contributed by atoms with E-state index in [1.807, 2.05) is 31.2 Å². The Morgan fingerprint density at radius 3 is 2.38 bits per heavy atom. The highest BCUT2D eigenvalue weighted by Gasteiger charge is 2.31. The van der Waals surface area contributed by atoms with Crippen molar-refractivity contribution in [3.8, 4) is 11.5 Å². The van der Waals surface area contributed by atoms with Gasteiger partial charge in [-0.25, -0.2) is 0 Å². The van der Waals surface area contributed by atoms with Crippen LogP contribution in [0.2, 0.25) is 0 Å². The van der Waals surface area contributed by atoms with Gasteiger partial charge in [0.2, 0.25) is 0 Å². The fourth-order valence-electron chi connectivity index (χ4n) is 2.68. The van der Waals surface area contributed by atoms with Gasteiger partial charge >= 0.3 is 6.36 Å². The number of rotatable bonds is 6. The Morgan fingerprint density at radius 2 is 1.69 bits per heavy atom. The second-order valence-electron chi connectivity index (χ2n) is 6.30. The molecular weight excluding hydrogens is 383 g/mol. The second-order valence-corrected chi connectivity index (χ2v) is 6.30. The van der Waals surface area contributed by atoms with Gasteiger partial charge in [0.15, 0.2) is 0 Å². The van der Waals surface area contributed by atoms with Crippen molar-refractivity contribution in [2.75, 3.05) is 5.32 Å². The highest BCUT2D eigenvalue weighted by Crippen LogP contribution is 2.25. The summed E-state index contributed by atoms with van der Waals surface area (Å²) in [5, 5.41) is 2.64. The molecule has 3 rings (SSSR count). The van der Waals surface area contributed by atoms with Gasteiger partial charge in [0, 0.05) is 5.69 Å². The van der Waals surface area contributed by atoms with Crippen molar-refractivity contribution in [1.82, 2.24) is 0 Å². The monoisotopic (exact) mass is 401 g/mol. The molecule has 4 nitrogen and oxygen atoms in total. The Hall–Kier alpha value is -3.48. The Labute approximate surface area is 165 Å². The van der Waals surface area contributed by atoms with Crippen molar-refractivity contribution in [3.63, 3.8) is 0 Å². The lowest BCUT2D eigenvalue weighted by molar-refractivity contribution is -0.274. The van der Waals surface area contributed by atoms with Crippen LogP contribution < -0.4 is 14.8 Å². The summed E-state index contributed by atoms with van der Waals surface area (Å²) >= 11 is 0. The molecule has 0 fully saturated rings. The van der Waals surface area contributed by atoms with E-state index in [2.05, 4.69) is 10.1 Å². The average molecular weight is 401 g/mol. The van der Waals surface area contributed by atoms with Crippen molar-refractivity contribution in [3.05, 3.63) is 89.5 Å². The lowest BCUT2D eigenvalue weighted by Crippen LogP contribution is -2.17. The molecule has 0 saturated heterocycles. The summed E-state index contributed by atoms with van der Waals surface area (Å²) in [5.41, 5.74) is 2.73. The van der Waals surface area contributed by atoms with Crippen LogP contribution in [0.1, 0.15) is 21.5 Å². The number of alkyl halides is 3. The predicted octanol–water partition coefficient (Wildman–Crippen LogP) is 5.72. The molecule has 0 aliphatic rings. The van der Waals surface area contributed by atoms with Crippen LogP contribution in [0.5, 0.6) is 11.5 Å². The van der Waals surface area contributed by atoms with Gasteiger partial charge in [-0.1, -0.05) is 42.0 Å². The number of aryl methyl sites for hydroxylation is 1. The van der Waals surface area contributed by atoms with Crippen LogP contribution in [0.4, 0.5) is 18.9 Å². The molecule has 3 aromatic rings. The largest absolute Gasteiger partial charge is 0.573 e. The van der Waals surface area contributed by atoms with Crippen LogP contribution in [0.15, 0.2) is 72.8 Å². The van der Waals surface area contributed by atoms with Gasteiger partial charge in [-0.15, -0.1) is 13.2 Å². The van der Waals surface area contributed by atoms with E-state index in [-0.39, 0.29) is 5.75 Å². The van der Waals surface area contributed by atoms with Crippen molar-refractivity contribution in [2.45, 2.75) is 19.9 Å². The zero-order valence-electron chi connectivity index (χ0n) is 15.5. The first-order chi connectivity index (χ1) is 13.8. The Kier molecular flexibility index (Phi) is 6.07. The number of hydrogen-bond donors (Lipinski definition) is 1. The minimum absolute atomic E-state index is 0.301. The van der Waals surface area contributed by atoms with Crippen molar-refractivity contribution in [1.29, 1.82) is 0 Å². The third kappa shape index (κ3) is 6.00. The van der Waals surface area contributed by atoms with Crippen molar-refractivity contribution >= 4 is 11.6 Å². The molecule has 0 spiro atoms. The first-order valence-electron chi connectivity index (χ1n) is 8.75. The first kappa shape index (κ1) is 20.3. The quantitative estimate of drug-likeness (QED) is 0.574. The second kappa shape index (κ2) is 8.68. The lowest BCUT2D eigenvalue weighted by Gasteiger charge is -2.13. The standard InChI is InChI=1S/C22H18F3NO3/c1-15-5-4-6-16(13-15)14-28-20-8-3-2-7-19(20)21(27)26-17-9-11-18(12-10-17)29-22(23,24)25/h2-13H,14H2,1H3,(H,26,27). The zero-order valence-corrected chi connectivity index (χ0v) is 15.5. The van der Waals surface area contributed by atoms with Gasteiger partial charge in [0.05, 0.1) is 5.56 Å². The molecule has 1 N–H and O–H groups in total. The molecule has 150 valence electrons. The van der Waals surface area contributed by atoms with Gasteiger partial charge in [0.1, 0.15) is 18.1 Å². The van der Waals surface area contributed by atoms with Crippen LogP contribution in [0.3, 0.4) is 0 Å². The SMILES string of the molecule is Cc1cccc(COc2ccccc2C(=O)Nc2ccc(OC(F)(F)F)cc2)c1. The maximum atomic E-state index is 12.6. The molecule has 29 heavy (non-hydrogen) atoms. The molecule has 0 aliphatic heterocycles. The normalized spacial score (nSPS) is 11.0. The van der Waals surface area contributed by atoms with Crippen molar-refractivity contribution < 1.29 is 27.4 Å². The van der Waals surface area contributed by atoms with Crippen LogP contribution >= 0.6 is 0 Å². The number of anilines is 1. The van der Waals surface area contributed by atoms with Gasteiger partial charge in [-0.3, -0.25) is 4.79 Å². The van der Waals surface area contributed by atoms with E-state index >= 15 is 0 Å². The number of para-hydroxylation sites is 1. The molecule has 0 aromatic heterocycles. The molecule has 7 heteroatoms. The summed E-state index contributed by atoms with van der Waals surface area (Å²) in [4.78, 5) is 12.6. The number of benzene rings is 3. The molecule has 0 saturated carbocycles. The molecule has 0 bridgehead atoms. The summed E-state index contributed by atoms with van der Waals surface area (Å²) in [6, 6.07) is 19.5. The van der Waals surface area contributed by atoms with Crippen LogP contribution in [-0.4, -0.2) is 12.3 Å². The molecule has 0 aliphatic carbocycles. The van der Waals surface area contributed by atoms with E-state index in [9.17, 15) is 18.0 Å². The third-order valence-corrected chi connectivity index (χ3v) is 3.95. The summed E-state index contributed by atoms with van der Waals surface area (Å²) in [6.45, 7) is 2.28. The topological polar surface area (TPSA) is 47.6 Å². The average Bonchev–Trinajstić information content (AvgIpc) is 2.67. The number of carbonyl (C=O) groups excluding carboxylic acids is 1. The van der Waals surface area contributed by atoms with E-state index in [0.29, 0.717) is 23.6 Å². The summed E-state index contributed by atoms with van der Waals surface area (Å²) in [6.07, 6.45) is -4.77. The fourth-order valence-corrected chi connectivity index (χ4v) is 2.68. The highest BCUT2D eigenvalue weighted by molar-refractivity contribution is 6.06. The summed E-state index contributed by atoms with van der Waals surface area (Å²) in [5.74, 6) is -0.393. The molecule has 0 radical (unpaired) electrons. The minimum atomic E-state index is -4.77. The van der Waals surface area contributed by atoms with E-state index in [1.165, 1.54) is 12.1 Å². The first-order valence-corrected chi connectivity index (χ1v) is 8.75. The molecule has 0 heterocycles. The van der Waals surface area contributed by atoms with E-state index < -0.39 is 12.3 Å². The number of nitrogens with one attached hydrogen (secondary N) is 1. The Balaban J connectivity index is 1.68. The smallest absolute Gasteiger partial charge is 0.488 e. The van der Waals surface area contributed by atoms with Gasteiger partial charge in [-0.05, 0) is 48.9 Å². The molecule has 1 amide bonds. The van der Waals surface area contributed by atoms with Crippen LogP contribution in [0, 0.1) is 6.92 Å². The maximum Gasteiger partial charge on any atom is 0.573 e.